The monoisotopic (exact) mass is 295 g/mol. The molecule has 0 heterocycles. The molecule has 0 aliphatic heterocycles. The summed E-state index contributed by atoms with van der Waals surface area (Å²) in [5.41, 5.74) is 0.0142. The Morgan fingerprint density at radius 3 is 2.19 bits per heavy atom. The van der Waals surface area contributed by atoms with Crippen LogP contribution in [-0.2, 0) is 19.1 Å². The lowest BCUT2D eigenvalue weighted by atomic mass is 10.2. The first-order valence-electron chi connectivity index (χ1n) is 5.97. The van der Waals surface area contributed by atoms with Gasteiger partial charge in [0.2, 0.25) is 0 Å². The van der Waals surface area contributed by atoms with Crippen LogP contribution in [0.1, 0.15) is 23.7 Å². The molecule has 1 aromatic rings. The molecule has 0 amide bonds. The Labute approximate surface area is 119 Å². The Morgan fingerprint density at radius 1 is 1.10 bits per heavy atom. The number of Topliss-reactive ketones (excluding diaryl/α,β-unsaturated/α-hetero) is 1. The van der Waals surface area contributed by atoms with Crippen LogP contribution in [0, 0.1) is 10.1 Å². The molecule has 21 heavy (non-hydrogen) atoms. The summed E-state index contributed by atoms with van der Waals surface area (Å²) in [5.74, 6) is -1.69. The highest BCUT2D eigenvalue weighted by Crippen LogP contribution is 2.12. The summed E-state index contributed by atoms with van der Waals surface area (Å²) in [7, 11) is 0. The Balaban J connectivity index is 2.35. The minimum absolute atomic E-state index is 0.135. The van der Waals surface area contributed by atoms with Crippen molar-refractivity contribution in [2.45, 2.75) is 13.3 Å². The van der Waals surface area contributed by atoms with Crippen LogP contribution in [0.15, 0.2) is 24.3 Å². The lowest BCUT2D eigenvalue weighted by Gasteiger charge is -2.05. The largest absolute Gasteiger partial charge is 0.462 e. The molecule has 0 aliphatic rings. The maximum Gasteiger partial charge on any atom is 0.338 e. The van der Waals surface area contributed by atoms with E-state index in [-0.39, 0.29) is 36.7 Å². The smallest absolute Gasteiger partial charge is 0.338 e. The molecule has 0 aromatic heterocycles. The third kappa shape index (κ3) is 5.81. The summed E-state index contributed by atoms with van der Waals surface area (Å²) in [5, 5.41) is 10.5. The van der Waals surface area contributed by atoms with E-state index >= 15 is 0 Å². The minimum atomic E-state index is -0.687. The molecule has 0 saturated heterocycles. The van der Waals surface area contributed by atoms with E-state index in [1.165, 1.54) is 31.2 Å². The number of ketones is 1. The zero-order chi connectivity index (χ0) is 15.8. The van der Waals surface area contributed by atoms with Crippen molar-refractivity contribution >= 4 is 23.4 Å². The maximum atomic E-state index is 11.6. The van der Waals surface area contributed by atoms with Crippen molar-refractivity contribution in [1.82, 2.24) is 0 Å². The van der Waals surface area contributed by atoms with Crippen LogP contribution in [0.3, 0.4) is 0 Å². The number of hydrogen-bond donors (Lipinski definition) is 0. The van der Waals surface area contributed by atoms with E-state index in [0.717, 1.165) is 0 Å². The molecule has 0 spiro atoms. The fourth-order valence-corrected chi connectivity index (χ4v) is 1.35. The van der Waals surface area contributed by atoms with Crippen molar-refractivity contribution in [3.63, 3.8) is 0 Å². The quantitative estimate of drug-likeness (QED) is 0.245. The maximum absolute atomic E-state index is 11.6. The average molecular weight is 295 g/mol. The third-order valence-electron chi connectivity index (χ3n) is 2.29. The molecule has 0 fully saturated rings. The number of nitro groups is 1. The highest BCUT2D eigenvalue weighted by Gasteiger charge is 2.11. The molecule has 8 heteroatoms. The van der Waals surface area contributed by atoms with Crippen molar-refractivity contribution in [1.29, 1.82) is 0 Å². The molecule has 0 saturated carbocycles. The second kappa shape index (κ2) is 7.73. The molecule has 1 rings (SSSR count). The SMILES string of the molecule is CC(=O)CC(=O)OCCOC(=O)c1ccc([N+](=O)[O-])cc1. The van der Waals surface area contributed by atoms with E-state index < -0.39 is 16.9 Å². The molecule has 112 valence electrons. The van der Waals surface area contributed by atoms with Gasteiger partial charge >= 0.3 is 11.9 Å². The van der Waals surface area contributed by atoms with Gasteiger partial charge in [0.05, 0.1) is 10.5 Å². The van der Waals surface area contributed by atoms with E-state index in [9.17, 15) is 24.5 Å². The van der Waals surface area contributed by atoms with Crippen molar-refractivity contribution in [2.24, 2.45) is 0 Å². The van der Waals surface area contributed by atoms with Crippen LogP contribution in [-0.4, -0.2) is 35.9 Å². The number of hydrogen-bond acceptors (Lipinski definition) is 7. The van der Waals surface area contributed by atoms with Gasteiger partial charge < -0.3 is 9.47 Å². The van der Waals surface area contributed by atoms with Gasteiger partial charge in [0.15, 0.2) is 0 Å². The van der Waals surface area contributed by atoms with Crippen LogP contribution in [0.5, 0.6) is 0 Å². The summed E-state index contributed by atoms with van der Waals surface area (Å²) in [6, 6.07) is 4.90. The lowest BCUT2D eigenvalue weighted by molar-refractivity contribution is -0.384. The number of nitrogens with zero attached hydrogens (tertiary/aromatic N) is 1. The van der Waals surface area contributed by atoms with Crippen LogP contribution in [0.25, 0.3) is 0 Å². The Hall–Kier alpha value is -2.77. The Bertz CT molecular complexity index is 550. The predicted molar refractivity (Wildman–Crippen MR) is 69.6 cm³/mol. The van der Waals surface area contributed by atoms with E-state index in [1.807, 2.05) is 0 Å². The number of benzene rings is 1. The second-order valence-electron chi connectivity index (χ2n) is 4.04. The highest BCUT2D eigenvalue weighted by molar-refractivity contribution is 5.94. The van der Waals surface area contributed by atoms with Gasteiger partial charge in [-0.1, -0.05) is 0 Å². The summed E-state index contributed by atoms with van der Waals surface area (Å²) in [6.07, 6.45) is -0.323. The van der Waals surface area contributed by atoms with E-state index in [0.29, 0.717) is 0 Å². The number of non-ortho nitro benzene ring substituents is 1. The predicted octanol–water partition coefficient (Wildman–Crippen LogP) is 1.27. The highest BCUT2D eigenvalue weighted by atomic mass is 16.6. The van der Waals surface area contributed by atoms with Gasteiger partial charge in [-0.15, -0.1) is 0 Å². The van der Waals surface area contributed by atoms with Gasteiger partial charge in [-0.2, -0.15) is 0 Å². The molecule has 0 N–H and O–H groups in total. The fourth-order valence-electron chi connectivity index (χ4n) is 1.35. The summed E-state index contributed by atoms with van der Waals surface area (Å²) >= 11 is 0. The average Bonchev–Trinajstić information content (AvgIpc) is 2.42. The summed E-state index contributed by atoms with van der Waals surface area (Å²) < 4.78 is 9.48. The van der Waals surface area contributed by atoms with Crippen LogP contribution >= 0.6 is 0 Å². The fraction of sp³-hybridized carbons (Fsp3) is 0.308. The van der Waals surface area contributed by atoms with Crippen LogP contribution in [0.4, 0.5) is 5.69 Å². The normalized spacial score (nSPS) is 9.76. The topological polar surface area (TPSA) is 113 Å². The number of rotatable bonds is 7. The van der Waals surface area contributed by atoms with Gasteiger partial charge in [0.1, 0.15) is 25.4 Å². The number of nitro benzene ring substituents is 1. The second-order valence-corrected chi connectivity index (χ2v) is 4.04. The van der Waals surface area contributed by atoms with Crippen molar-refractivity contribution in [3.05, 3.63) is 39.9 Å². The Morgan fingerprint density at radius 2 is 1.67 bits per heavy atom. The Kier molecular flexibility index (Phi) is 5.99. The molecule has 0 bridgehead atoms. The van der Waals surface area contributed by atoms with Gasteiger partial charge in [0.25, 0.3) is 5.69 Å². The number of esters is 2. The molecular weight excluding hydrogens is 282 g/mol. The van der Waals surface area contributed by atoms with Crippen LogP contribution < -0.4 is 0 Å². The van der Waals surface area contributed by atoms with E-state index in [1.54, 1.807) is 0 Å². The molecular formula is C13H13NO7. The van der Waals surface area contributed by atoms with Crippen molar-refractivity contribution in [3.8, 4) is 0 Å². The zero-order valence-electron chi connectivity index (χ0n) is 11.2. The standard InChI is InChI=1S/C13H13NO7/c1-9(15)8-12(16)20-6-7-21-13(17)10-2-4-11(5-3-10)14(18)19/h2-5H,6-8H2,1H3. The number of ether oxygens (including phenoxy) is 2. The summed E-state index contributed by atoms with van der Waals surface area (Å²) in [4.78, 5) is 43.1. The molecule has 0 aliphatic carbocycles. The van der Waals surface area contributed by atoms with Crippen LogP contribution in [0.2, 0.25) is 0 Å². The molecule has 0 unspecified atom stereocenters. The van der Waals surface area contributed by atoms with E-state index in [4.69, 9.17) is 4.74 Å². The van der Waals surface area contributed by atoms with Gasteiger partial charge in [0, 0.05) is 12.1 Å². The van der Waals surface area contributed by atoms with Gasteiger partial charge in [-0.05, 0) is 19.1 Å². The van der Waals surface area contributed by atoms with Crippen molar-refractivity contribution in [2.75, 3.05) is 13.2 Å². The van der Waals surface area contributed by atoms with Gasteiger partial charge in [-0.25, -0.2) is 4.79 Å². The molecule has 1 aromatic carbocycles. The summed E-state index contributed by atoms with van der Waals surface area (Å²) in [6.45, 7) is 0.931. The van der Waals surface area contributed by atoms with Gasteiger partial charge in [-0.3, -0.25) is 19.7 Å². The number of carbonyl (C=O) groups excluding carboxylic acids is 3. The minimum Gasteiger partial charge on any atom is -0.462 e. The van der Waals surface area contributed by atoms with Crippen molar-refractivity contribution < 1.29 is 28.8 Å². The molecule has 0 radical (unpaired) electrons. The van der Waals surface area contributed by atoms with E-state index in [2.05, 4.69) is 4.74 Å². The first-order chi connectivity index (χ1) is 9.90. The zero-order valence-corrected chi connectivity index (χ0v) is 11.2. The molecule has 0 atom stereocenters. The number of carbonyl (C=O) groups is 3. The first-order valence-corrected chi connectivity index (χ1v) is 5.97. The first kappa shape index (κ1) is 16.3. The lowest BCUT2D eigenvalue weighted by Crippen LogP contribution is -2.15. The molecule has 8 nitrogen and oxygen atoms in total. The third-order valence-corrected chi connectivity index (χ3v) is 2.29.